The molecule has 4 nitrogen and oxygen atoms in total. The third-order valence-corrected chi connectivity index (χ3v) is 4.99. The lowest BCUT2D eigenvalue weighted by atomic mass is 9.91. The molecule has 1 atom stereocenters. The number of halogens is 1. The average molecular weight is 306 g/mol. The summed E-state index contributed by atoms with van der Waals surface area (Å²) in [5, 5.41) is 3.00. The molecule has 1 amide bonds. The molecule has 0 bridgehead atoms. The van der Waals surface area contributed by atoms with Crippen molar-refractivity contribution in [3.63, 3.8) is 0 Å². The van der Waals surface area contributed by atoms with Gasteiger partial charge in [0.15, 0.2) is 0 Å². The van der Waals surface area contributed by atoms with Crippen LogP contribution in [-0.4, -0.2) is 31.7 Å². The van der Waals surface area contributed by atoms with Gasteiger partial charge in [0.05, 0.1) is 6.04 Å². The molecule has 22 heavy (non-hydrogen) atoms. The smallest absolute Gasteiger partial charge is 0.237 e. The van der Waals surface area contributed by atoms with E-state index in [1.54, 1.807) is 0 Å². The highest BCUT2D eigenvalue weighted by molar-refractivity contribution is 5.82. The summed E-state index contributed by atoms with van der Waals surface area (Å²) >= 11 is 0. The van der Waals surface area contributed by atoms with Gasteiger partial charge in [-0.2, -0.15) is 0 Å². The predicted molar refractivity (Wildman–Crippen MR) is 81.8 cm³/mol. The van der Waals surface area contributed by atoms with Crippen molar-refractivity contribution in [1.29, 1.82) is 0 Å². The Morgan fingerprint density at radius 3 is 2.55 bits per heavy atom. The number of nitrogens with two attached hydrogens (primary N) is 1. The quantitative estimate of drug-likeness (QED) is 0.871. The van der Waals surface area contributed by atoms with Crippen molar-refractivity contribution in [2.24, 2.45) is 11.7 Å². The lowest BCUT2D eigenvalue weighted by molar-refractivity contribution is -0.124. The Morgan fingerprint density at radius 2 is 1.95 bits per heavy atom. The molecule has 1 heterocycles. The summed E-state index contributed by atoms with van der Waals surface area (Å²) < 4.78 is 18.3. The van der Waals surface area contributed by atoms with Crippen LogP contribution in [0, 0.1) is 11.7 Å². The summed E-state index contributed by atoms with van der Waals surface area (Å²) in [6, 6.07) is 6.11. The Labute approximate surface area is 130 Å². The fraction of sp³-hybridized carbons (Fsp3) is 0.588. The summed E-state index contributed by atoms with van der Waals surface area (Å²) in [5.41, 5.74) is 7.15. The van der Waals surface area contributed by atoms with E-state index < -0.39 is 6.04 Å². The number of ether oxygens (including phenoxy) is 1. The van der Waals surface area contributed by atoms with Crippen LogP contribution in [0.25, 0.3) is 0 Å². The highest BCUT2D eigenvalue weighted by atomic mass is 19.1. The van der Waals surface area contributed by atoms with E-state index in [9.17, 15) is 9.18 Å². The molecule has 1 aliphatic heterocycles. The molecule has 0 radical (unpaired) electrons. The number of amides is 1. The van der Waals surface area contributed by atoms with Gasteiger partial charge in [-0.15, -0.1) is 0 Å². The first kappa shape index (κ1) is 15.4. The van der Waals surface area contributed by atoms with Gasteiger partial charge in [0.2, 0.25) is 5.91 Å². The van der Waals surface area contributed by atoms with Crippen molar-refractivity contribution < 1.29 is 13.9 Å². The fourth-order valence-corrected chi connectivity index (χ4v) is 3.19. The molecule has 1 unspecified atom stereocenters. The zero-order valence-corrected chi connectivity index (χ0v) is 12.7. The van der Waals surface area contributed by atoms with Crippen LogP contribution in [0.2, 0.25) is 0 Å². The van der Waals surface area contributed by atoms with Gasteiger partial charge in [0.25, 0.3) is 0 Å². The molecule has 120 valence electrons. The van der Waals surface area contributed by atoms with Gasteiger partial charge in [-0.3, -0.25) is 4.79 Å². The number of carbonyl (C=O) groups is 1. The van der Waals surface area contributed by atoms with Crippen molar-refractivity contribution in [3.05, 3.63) is 35.6 Å². The molecule has 1 aromatic carbocycles. The Kier molecular flexibility index (Phi) is 4.45. The number of nitrogens with one attached hydrogen (secondary N) is 1. The highest BCUT2D eigenvalue weighted by Crippen LogP contribution is 2.47. The second kappa shape index (κ2) is 6.34. The van der Waals surface area contributed by atoms with Crippen LogP contribution in [0.15, 0.2) is 24.3 Å². The molecular formula is C17H23FN2O2. The van der Waals surface area contributed by atoms with Crippen LogP contribution >= 0.6 is 0 Å². The second-order valence-electron chi connectivity index (χ2n) is 6.48. The molecule has 1 aliphatic carbocycles. The molecule has 1 aromatic rings. The number of benzene rings is 1. The first-order chi connectivity index (χ1) is 10.6. The maximum absolute atomic E-state index is 13.0. The molecule has 2 fully saturated rings. The van der Waals surface area contributed by atoms with Crippen LogP contribution < -0.4 is 11.1 Å². The van der Waals surface area contributed by atoms with Gasteiger partial charge in [-0.05, 0) is 49.3 Å². The van der Waals surface area contributed by atoms with Gasteiger partial charge in [0.1, 0.15) is 5.82 Å². The molecular weight excluding hydrogens is 283 g/mol. The largest absolute Gasteiger partial charge is 0.381 e. The van der Waals surface area contributed by atoms with E-state index in [1.165, 1.54) is 12.1 Å². The average Bonchev–Trinajstić information content (AvgIpc) is 3.34. The number of hydrogen-bond donors (Lipinski definition) is 2. The van der Waals surface area contributed by atoms with Gasteiger partial charge in [-0.1, -0.05) is 12.1 Å². The monoisotopic (exact) mass is 306 g/mol. The minimum Gasteiger partial charge on any atom is -0.381 e. The van der Waals surface area contributed by atoms with Gasteiger partial charge >= 0.3 is 0 Å². The van der Waals surface area contributed by atoms with E-state index in [-0.39, 0.29) is 23.1 Å². The van der Waals surface area contributed by atoms with Gasteiger partial charge < -0.3 is 15.8 Å². The molecule has 3 N–H and O–H groups in total. The minimum absolute atomic E-state index is 0.0290. The zero-order chi connectivity index (χ0) is 15.6. The lowest BCUT2D eigenvalue weighted by Gasteiger charge is -2.27. The first-order valence-electron chi connectivity index (χ1n) is 7.98. The lowest BCUT2D eigenvalue weighted by Crippen LogP contribution is -2.48. The van der Waals surface area contributed by atoms with E-state index in [0.717, 1.165) is 31.2 Å². The van der Waals surface area contributed by atoms with Crippen molar-refractivity contribution in [2.45, 2.75) is 37.1 Å². The second-order valence-corrected chi connectivity index (χ2v) is 6.48. The topological polar surface area (TPSA) is 64.4 Å². The van der Waals surface area contributed by atoms with Gasteiger partial charge in [0, 0.05) is 25.2 Å². The summed E-state index contributed by atoms with van der Waals surface area (Å²) in [5.74, 6) is -0.111. The molecule has 2 aliphatic rings. The molecule has 1 saturated heterocycles. The Balaban J connectivity index is 1.55. The van der Waals surface area contributed by atoms with Crippen molar-refractivity contribution >= 4 is 5.91 Å². The van der Waals surface area contributed by atoms with E-state index in [0.29, 0.717) is 19.8 Å². The predicted octanol–water partition coefficient (Wildman–Crippen LogP) is 1.73. The first-order valence-corrected chi connectivity index (χ1v) is 7.98. The van der Waals surface area contributed by atoms with Crippen molar-refractivity contribution in [2.75, 3.05) is 19.8 Å². The fourth-order valence-electron chi connectivity index (χ4n) is 3.19. The Morgan fingerprint density at radius 1 is 1.32 bits per heavy atom. The van der Waals surface area contributed by atoms with Crippen LogP contribution in [0.5, 0.6) is 0 Å². The van der Waals surface area contributed by atoms with Gasteiger partial charge in [-0.25, -0.2) is 4.39 Å². The zero-order valence-electron chi connectivity index (χ0n) is 12.7. The van der Waals surface area contributed by atoms with Crippen LogP contribution in [-0.2, 0) is 14.9 Å². The van der Waals surface area contributed by atoms with Crippen molar-refractivity contribution in [3.8, 4) is 0 Å². The molecule has 3 rings (SSSR count). The maximum Gasteiger partial charge on any atom is 0.237 e. The van der Waals surface area contributed by atoms with E-state index in [4.69, 9.17) is 10.5 Å². The molecule has 5 heteroatoms. The summed E-state index contributed by atoms with van der Waals surface area (Å²) in [7, 11) is 0. The minimum atomic E-state index is -0.465. The summed E-state index contributed by atoms with van der Waals surface area (Å²) in [4.78, 5) is 12.3. The number of carbonyl (C=O) groups excluding carboxylic acids is 1. The number of hydrogen-bond acceptors (Lipinski definition) is 3. The highest BCUT2D eigenvalue weighted by Gasteiger charge is 2.44. The van der Waals surface area contributed by atoms with E-state index in [2.05, 4.69) is 5.32 Å². The summed E-state index contributed by atoms with van der Waals surface area (Å²) in [6.07, 6.45) is 3.73. The number of rotatable bonds is 5. The summed E-state index contributed by atoms with van der Waals surface area (Å²) in [6.45, 7) is 1.95. The Hall–Kier alpha value is -1.46. The van der Waals surface area contributed by atoms with Crippen molar-refractivity contribution in [1.82, 2.24) is 5.32 Å². The Bertz CT molecular complexity index is 522. The molecule has 0 spiro atoms. The molecule has 1 saturated carbocycles. The third-order valence-electron chi connectivity index (χ3n) is 4.99. The van der Waals surface area contributed by atoms with Crippen LogP contribution in [0.4, 0.5) is 4.39 Å². The third kappa shape index (κ3) is 3.31. The normalized spacial score (nSPS) is 22.1. The van der Waals surface area contributed by atoms with E-state index >= 15 is 0 Å². The standard InChI is InChI=1S/C17H23FN2O2/c18-14-3-1-13(2-4-14)17(7-8-17)11-20-16(21)15(19)12-5-9-22-10-6-12/h1-4,12,15H,5-11,19H2,(H,20,21). The van der Waals surface area contributed by atoms with Crippen LogP contribution in [0.3, 0.4) is 0 Å². The van der Waals surface area contributed by atoms with E-state index in [1.807, 2.05) is 12.1 Å². The molecule has 0 aromatic heterocycles. The SMILES string of the molecule is NC(C(=O)NCC1(c2ccc(F)cc2)CC1)C1CCOCC1. The maximum atomic E-state index is 13.0. The van der Waals surface area contributed by atoms with Crippen LogP contribution in [0.1, 0.15) is 31.2 Å².